The van der Waals surface area contributed by atoms with Gasteiger partial charge in [0.05, 0.1) is 6.61 Å². The van der Waals surface area contributed by atoms with Gasteiger partial charge in [0, 0.05) is 30.6 Å². The molecule has 6 N–H and O–H groups in total. The van der Waals surface area contributed by atoms with Crippen LogP contribution in [0.1, 0.15) is 30.4 Å². The van der Waals surface area contributed by atoms with E-state index >= 15 is 0 Å². The van der Waals surface area contributed by atoms with Crippen molar-refractivity contribution in [3.63, 3.8) is 0 Å². The van der Waals surface area contributed by atoms with Crippen molar-refractivity contribution in [2.75, 3.05) is 18.4 Å². The quantitative estimate of drug-likeness (QED) is 0.450. The van der Waals surface area contributed by atoms with Gasteiger partial charge in [-0.25, -0.2) is 0 Å². The van der Waals surface area contributed by atoms with Crippen LogP contribution >= 0.6 is 0 Å². The Balaban J connectivity index is 2.78. The Kier molecular flexibility index (Phi) is 7.36. The molecule has 0 aliphatic carbocycles. The van der Waals surface area contributed by atoms with Crippen LogP contribution in [-0.2, 0) is 11.4 Å². The van der Waals surface area contributed by atoms with Gasteiger partial charge in [0.25, 0.3) is 0 Å². The van der Waals surface area contributed by atoms with Crippen LogP contribution < -0.4 is 16.8 Å². The van der Waals surface area contributed by atoms with Gasteiger partial charge >= 0.3 is 0 Å². The second-order valence-electron chi connectivity index (χ2n) is 4.31. The summed E-state index contributed by atoms with van der Waals surface area (Å²) in [5.41, 5.74) is 12.8. The Morgan fingerprint density at radius 3 is 2.75 bits per heavy atom. The van der Waals surface area contributed by atoms with Gasteiger partial charge in [-0.15, -0.1) is 0 Å². The maximum Gasteiger partial charge on any atom is 0.225 e. The highest BCUT2D eigenvalue weighted by atomic mass is 16.3. The molecule has 108 valence electrons. The summed E-state index contributed by atoms with van der Waals surface area (Å²) in [6, 6.07) is 5.28. The fourth-order valence-corrected chi connectivity index (χ4v) is 1.63. The minimum atomic E-state index is -0.141. The molecule has 0 saturated carbocycles. The lowest BCUT2D eigenvalue weighted by atomic mass is 10.1. The summed E-state index contributed by atoms with van der Waals surface area (Å²) in [4.78, 5) is 11.4. The molecule has 0 aliphatic heterocycles. The number of hydrogen-bond acceptors (Lipinski definition) is 4. The average molecular weight is 275 g/mol. The standard InChI is InChI=1S/C15H21N3O2/c16-8-3-1-2-4-12-5-6-14(10-13(12)11-19)18-15(20)7-9-17/h5-6,10,19H,1,3,7-9,11,16-17H2,(H,18,20). The molecule has 1 aromatic carbocycles. The Hall–Kier alpha value is -1.87. The molecule has 0 atom stereocenters. The molecule has 0 aromatic heterocycles. The van der Waals surface area contributed by atoms with Crippen molar-refractivity contribution in [3.8, 4) is 11.8 Å². The summed E-state index contributed by atoms with van der Waals surface area (Å²) in [6.07, 6.45) is 1.86. The number of benzene rings is 1. The highest BCUT2D eigenvalue weighted by Crippen LogP contribution is 2.16. The maximum atomic E-state index is 11.4. The SMILES string of the molecule is NCCCC#Cc1ccc(NC(=O)CCN)cc1CO. The van der Waals surface area contributed by atoms with E-state index in [-0.39, 0.29) is 18.9 Å². The van der Waals surface area contributed by atoms with Crippen LogP contribution in [-0.4, -0.2) is 24.1 Å². The van der Waals surface area contributed by atoms with E-state index in [1.165, 1.54) is 0 Å². The fraction of sp³-hybridized carbons (Fsp3) is 0.400. The largest absolute Gasteiger partial charge is 0.392 e. The molecule has 0 saturated heterocycles. The number of carbonyl (C=O) groups excluding carboxylic acids is 1. The molecule has 0 aliphatic rings. The average Bonchev–Trinajstić information content (AvgIpc) is 2.44. The van der Waals surface area contributed by atoms with Gasteiger partial charge < -0.3 is 21.9 Å². The molecule has 0 unspecified atom stereocenters. The van der Waals surface area contributed by atoms with Gasteiger partial charge in [0.15, 0.2) is 0 Å². The molecule has 5 nitrogen and oxygen atoms in total. The third kappa shape index (κ3) is 5.41. The molecule has 0 fully saturated rings. The lowest BCUT2D eigenvalue weighted by molar-refractivity contribution is -0.116. The zero-order valence-corrected chi connectivity index (χ0v) is 11.5. The Bertz CT molecular complexity index is 504. The van der Waals surface area contributed by atoms with Gasteiger partial charge in [-0.1, -0.05) is 11.8 Å². The van der Waals surface area contributed by atoms with Crippen LogP contribution in [0.3, 0.4) is 0 Å². The smallest absolute Gasteiger partial charge is 0.225 e. The minimum Gasteiger partial charge on any atom is -0.392 e. The van der Waals surface area contributed by atoms with Crippen molar-refractivity contribution in [1.29, 1.82) is 0 Å². The zero-order chi connectivity index (χ0) is 14.8. The van der Waals surface area contributed by atoms with E-state index in [0.717, 1.165) is 18.4 Å². The topological polar surface area (TPSA) is 101 Å². The maximum absolute atomic E-state index is 11.4. The number of hydrogen-bond donors (Lipinski definition) is 4. The number of nitrogens with two attached hydrogens (primary N) is 2. The summed E-state index contributed by atoms with van der Waals surface area (Å²) in [6.45, 7) is 0.804. The third-order valence-corrected chi connectivity index (χ3v) is 2.66. The molecule has 20 heavy (non-hydrogen) atoms. The second-order valence-corrected chi connectivity index (χ2v) is 4.31. The number of unbranched alkanes of at least 4 members (excludes halogenated alkanes) is 1. The van der Waals surface area contributed by atoms with Gasteiger partial charge in [-0.2, -0.15) is 0 Å². The van der Waals surface area contributed by atoms with Crippen molar-refractivity contribution >= 4 is 11.6 Å². The van der Waals surface area contributed by atoms with Crippen molar-refractivity contribution < 1.29 is 9.90 Å². The van der Waals surface area contributed by atoms with E-state index in [1.54, 1.807) is 18.2 Å². The third-order valence-electron chi connectivity index (χ3n) is 2.66. The van der Waals surface area contributed by atoms with Gasteiger partial charge in [0.2, 0.25) is 5.91 Å². The molecule has 1 aromatic rings. The molecule has 0 radical (unpaired) electrons. The van der Waals surface area contributed by atoms with Crippen LogP contribution in [0, 0.1) is 11.8 Å². The monoisotopic (exact) mass is 275 g/mol. The van der Waals surface area contributed by atoms with E-state index < -0.39 is 0 Å². The molecular weight excluding hydrogens is 254 g/mol. The summed E-state index contributed by atoms with van der Waals surface area (Å²) >= 11 is 0. The molecule has 1 amide bonds. The van der Waals surface area contributed by atoms with E-state index in [2.05, 4.69) is 17.2 Å². The normalized spacial score (nSPS) is 9.75. The number of aliphatic hydroxyl groups is 1. The molecule has 0 spiro atoms. The van der Waals surface area contributed by atoms with E-state index in [9.17, 15) is 9.90 Å². The second kappa shape index (κ2) is 9.10. The van der Waals surface area contributed by atoms with Crippen molar-refractivity contribution in [1.82, 2.24) is 0 Å². The number of aliphatic hydroxyl groups excluding tert-OH is 1. The Labute approximate surface area is 119 Å². The first-order valence-corrected chi connectivity index (χ1v) is 6.64. The van der Waals surface area contributed by atoms with Crippen LogP contribution in [0.15, 0.2) is 18.2 Å². The summed E-state index contributed by atoms with van der Waals surface area (Å²) in [5, 5.41) is 12.1. The molecule has 5 heteroatoms. The molecule has 1 rings (SSSR count). The predicted molar refractivity (Wildman–Crippen MR) is 79.8 cm³/mol. The number of rotatable bonds is 6. The first kappa shape index (κ1) is 16.2. The van der Waals surface area contributed by atoms with Crippen LogP contribution in [0.5, 0.6) is 0 Å². The lowest BCUT2D eigenvalue weighted by Crippen LogP contribution is -2.16. The number of nitrogens with one attached hydrogen (secondary N) is 1. The highest BCUT2D eigenvalue weighted by Gasteiger charge is 2.04. The van der Waals surface area contributed by atoms with Gasteiger partial charge in [-0.05, 0) is 36.7 Å². The lowest BCUT2D eigenvalue weighted by Gasteiger charge is -2.07. The summed E-state index contributed by atoms with van der Waals surface area (Å²) in [7, 11) is 0. The van der Waals surface area contributed by atoms with E-state index in [0.29, 0.717) is 24.3 Å². The summed E-state index contributed by atoms with van der Waals surface area (Å²) in [5.74, 6) is 5.88. The number of anilines is 1. The van der Waals surface area contributed by atoms with Crippen LogP contribution in [0.2, 0.25) is 0 Å². The first-order chi connectivity index (χ1) is 9.71. The van der Waals surface area contributed by atoms with Crippen LogP contribution in [0.25, 0.3) is 0 Å². The van der Waals surface area contributed by atoms with E-state index in [4.69, 9.17) is 11.5 Å². The van der Waals surface area contributed by atoms with Crippen molar-refractivity contribution in [2.45, 2.75) is 25.9 Å². The van der Waals surface area contributed by atoms with Crippen molar-refractivity contribution in [2.24, 2.45) is 11.5 Å². The zero-order valence-electron chi connectivity index (χ0n) is 11.5. The number of amides is 1. The number of carbonyl (C=O) groups is 1. The fourth-order valence-electron chi connectivity index (χ4n) is 1.63. The van der Waals surface area contributed by atoms with Gasteiger partial charge in [-0.3, -0.25) is 4.79 Å². The molecule has 0 bridgehead atoms. The summed E-state index contributed by atoms with van der Waals surface area (Å²) < 4.78 is 0. The Morgan fingerprint density at radius 2 is 2.10 bits per heavy atom. The van der Waals surface area contributed by atoms with Gasteiger partial charge in [0.1, 0.15) is 0 Å². The highest BCUT2D eigenvalue weighted by molar-refractivity contribution is 5.91. The van der Waals surface area contributed by atoms with Crippen LogP contribution in [0.4, 0.5) is 5.69 Å². The predicted octanol–water partition coefficient (Wildman–Crippen LogP) is 0.557. The molecule has 0 heterocycles. The van der Waals surface area contributed by atoms with Crippen molar-refractivity contribution in [3.05, 3.63) is 29.3 Å². The molecular formula is C15H21N3O2. The Morgan fingerprint density at radius 1 is 1.30 bits per heavy atom. The minimum absolute atomic E-state index is 0.124. The van der Waals surface area contributed by atoms with E-state index in [1.807, 2.05) is 0 Å². The first-order valence-electron chi connectivity index (χ1n) is 6.64.